The second kappa shape index (κ2) is 5.31. The zero-order valence-corrected chi connectivity index (χ0v) is 12.2. The Labute approximate surface area is 123 Å². The number of methoxy groups -OCH3 is 1. The van der Waals surface area contributed by atoms with E-state index in [1.165, 1.54) is 7.11 Å². The first kappa shape index (κ1) is 14.4. The van der Waals surface area contributed by atoms with Crippen LogP contribution in [-0.2, 0) is 19.1 Å². The van der Waals surface area contributed by atoms with E-state index in [4.69, 9.17) is 4.74 Å². The lowest BCUT2D eigenvalue weighted by atomic mass is 9.78. The van der Waals surface area contributed by atoms with Gasteiger partial charge >= 0.3 is 11.9 Å². The monoisotopic (exact) mass is 295 g/mol. The molecular formula is C15H21NO5. The van der Waals surface area contributed by atoms with E-state index in [9.17, 15) is 19.5 Å². The summed E-state index contributed by atoms with van der Waals surface area (Å²) in [5.41, 5.74) is 0. The smallest absolute Gasteiger partial charge is 0.328 e. The van der Waals surface area contributed by atoms with Crippen LogP contribution in [0.3, 0.4) is 0 Å². The van der Waals surface area contributed by atoms with E-state index in [-0.39, 0.29) is 17.7 Å². The van der Waals surface area contributed by atoms with Gasteiger partial charge in [0.15, 0.2) is 0 Å². The zero-order chi connectivity index (χ0) is 15.1. The molecule has 1 amide bonds. The van der Waals surface area contributed by atoms with Crippen LogP contribution in [0.25, 0.3) is 0 Å². The molecule has 21 heavy (non-hydrogen) atoms. The number of nitrogens with zero attached hydrogens (tertiary/aromatic N) is 1. The van der Waals surface area contributed by atoms with Crippen molar-refractivity contribution in [1.82, 2.24) is 4.90 Å². The van der Waals surface area contributed by atoms with Crippen LogP contribution in [0.2, 0.25) is 0 Å². The van der Waals surface area contributed by atoms with Crippen LogP contribution in [-0.4, -0.2) is 47.5 Å². The van der Waals surface area contributed by atoms with E-state index in [2.05, 4.69) is 0 Å². The van der Waals surface area contributed by atoms with E-state index < -0.39 is 29.8 Å². The highest BCUT2D eigenvalue weighted by Crippen LogP contribution is 2.53. The molecule has 5 atom stereocenters. The Morgan fingerprint density at radius 1 is 1.10 bits per heavy atom. The van der Waals surface area contributed by atoms with Crippen LogP contribution >= 0.6 is 0 Å². The first-order valence-electron chi connectivity index (χ1n) is 7.65. The lowest BCUT2D eigenvalue weighted by Gasteiger charge is -2.32. The first-order chi connectivity index (χ1) is 10.0. The van der Waals surface area contributed by atoms with Crippen LogP contribution in [0.15, 0.2) is 0 Å². The molecule has 0 spiro atoms. The second-order valence-corrected chi connectivity index (χ2v) is 6.44. The van der Waals surface area contributed by atoms with Gasteiger partial charge in [0.2, 0.25) is 5.91 Å². The van der Waals surface area contributed by atoms with Gasteiger partial charge < -0.3 is 14.7 Å². The van der Waals surface area contributed by atoms with Crippen LogP contribution in [0, 0.1) is 23.7 Å². The average molecular weight is 295 g/mol. The molecule has 0 aromatic heterocycles. The molecule has 3 aliphatic rings. The predicted molar refractivity (Wildman–Crippen MR) is 72.2 cm³/mol. The second-order valence-electron chi connectivity index (χ2n) is 6.44. The van der Waals surface area contributed by atoms with Gasteiger partial charge in [0.05, 0.1) is 18.9 Å². The number of amides is 1. The zero-order valence-electron chi connectivity index (χ0n) is 12.2. The molecule has 6 nitrogen and oxygen atoms in total. The highest BCUT2D eigenvalue weighted by molar-refractivity contribution is 5.90. The third-order valence-corrected chi connectivity index (χ3v) is 5.50. The molecule has 1 N–H and O–H groups in total. The molecule has 0 aromatic rings. The van der Waals surface area contributed by atoms with Gasteiger partial charge in [-0.05, 0) is 43.9 Å². The fourth-order valence-corrected chi connectivity index (χ4v) is 4.61. The summed E-state index contributed by atoms with van der Waals surface area (Å²) in [4.78, 5) is 37.7. The predicted octanol–water partition coefficient (Wildman–Crippen LogP) is 0.897. The molecule has 3 fully saturated rings. The molecule has 2 aliphatic carbocycles. The van der Waals surface area contributed by atoms with E-state index in [0.717, 1.165) is 25.7 Å². The highest BCUT2D eigenvalue weighted by atomic mass is 16.5. The quantitative estimate of drug-likeness (QED) is 0.782. The maximum atomic E-state index is 12.8. The van der Waals surface area contributed by atoms with Crippen LogP contribution in [0.4, 0.5) is 0 Å². The normalized spacial score (nSPS) is 37.8. The van der Waals surface area contributed by atoms with Crippen LogP contribution in [0.5, 0.6) is 0 Å². The molecule has 1 saturated heterocycles. The fourth-order valence-electron chi connectivity index (χ4n) is 4.61. The summed E-state index contributed by atoms with van der Waals surface area (Å²) < 4.78 is 4.76. The molecule has 1 heterocycles. The summed E-state index contributed by atoms with van der Waals surface area (Å²) >= 11 is 0. The van der Waals surface area contributed by atoms with Gasteiger partial charge in [-0.25, -0.2) is 4.79 Å². The number of carboxylic acids is 1. The molecule has 0 radical (unpaired) electrons. The lowest BCUT2D eigenvalue weighted by molar-refractivity contribution is -0.157. The van der Waals surface area contributed by atoms with Crippen molar-refractivity contribution >= 4 is 17.8 Å². The topological polar surface area (TPSA) is 83.9 Å². The minimum atomic E-state index is -0.866. The Morgan fingerprint density at radius 2 is 1.76 bits per heavy atom. The van der Waals surface area contributed by atoms with Crippen molar-refractivity contribution in [2.45, 2.75) is 38.1 Å². The van der Waals surface area contributed by atoms with Crippen molar-refractivity contribution in [3.05, 3.63) is 0 Å². The van der Waals surface area contributed by atoms with Gasteiger partial charge in [-0.2, -0.15) is 0 Å². The molecule has 0 aromatic carbocycles. The Balaban J connectivity index is 1.81. The SMILES string of the molecule is COC(=O)[C@@H]1CCCN1C(=O)[C@@H]1[C@@H]2CC[C@@H](C2)[C@@H]1C(=O)O. The van der Waals surface area contributed by atoms with E-state index in [1.807, 2.05) is 0 Å². The number of rotatable bonds is 3. The molecule has 6 heteroatoms. The van der Waals surface area contributed by atoms with Crippen molar-refractivity contribution < 1.29 is 24.2 Å². The maximum absolute atomic E-state index is 12.8. The van der Waals surface area contributed by atoms with Crippen LogP contribution < -0.4 is 0 Å². The molecule has 2 saturated carbocycles. The number of hydrogen-bond donors (Lipinski definition) is 1. The van der Waals surface area contributed by atoms with Gasteiger partial charge in [0.25, 0.3) is 0 Å². The summed E-state index contributed by atoms with van der Waals surface area (Å²) in [5, 5.41) is 9.46. The molecule has 116 valence electrons. The maximum Gasteiger partial charge on any atom is 0.328 e. The van der Waals surface area contributed by atoms with Crippen molar-refractivity contribution in [2.24, 2.45) is 23.7 Å². The van der Waals surface area contributed by atoms with E-state index >= 15 is 0 Å². The summed E-state index contributed by atoms with van der Waals surface area (Å²) in [5.74, 6) is -2.14. The number of carbonyl (C=O) groups excluding carboxylic acids is 2. The number of hydrogen-bond acceptors (Lipinski definition) is 4. The first-order valence-corrected chi connectivity index (χ1v) is 7.65. The number of aliphatic carboxylic acids is 1. The number of carboxylic acid groups (broad SMARTS) is 1. The number of carbonyl (C=O) groups is 3. The third kappa shape index (κ3) is 2.21. The minimum Gasteiger partial charge on any atom is -0.481 e. The van der Waals surface area contributed by atoms with Crippen molar-refractivity contribution in [3.63, 3.8) is 0 Å². The largest absolute Gasteiger partial charge is 0.481 e. The van der Waals surface area contributed by atoms with Crippen molar-refractivity contribution in [2.75, 3.05) is 13.7 Å². The summed E-state index contributed by atoms with van der Waals surface area (Å²) in [6, 6.07) is -0.531. The Bertz CT molecular complexity index is 477. The summed E-state index contributed by atoms with van der Waals surface area (Å²) in [7, 11) is 1.32. The van der Waals surface area contributed by atoms with Crippen LogP contribution in [0.1, 0.15) is 32.1 Å². The highest BCUT2D eigenvalue weighted by Gasteiger charge is 2.56. The Hall–Kier alpha value is -1.59. The number of likely N-dealkylation sites (tertiary alicyclic amines) is 1. The van der Waals surface area contributed by atoms with E-state index in [0.29, 0.717) is 13.0 Å². The lowest BCUT2D eigenvalue weighted by Crippen LogP contribution is -2.48. The standard InChI is InChI=1S/C15H21NO5/c1-21-15(20)10-3-2-6-16(10)13(17)11-8-4-5-9(7-8)12(11)14(18)19/h8-12H,2-7H2,1H3,(H,18,19)/t8-,9+,10+,11-,12+/m1/s1. The number of esters is 1. The molecular weight excluding hydrogens is 274 g/mol. The molecule has 0 unspecified atom stereocenters. The number of ether oxygens (including phenoxy) is 1. The third-order valence-electron chi connectivity index (χ3n) is 5.50. The summed E-state index contributed by atoms with van der Waals surface area (Å²) in [6.45, 7) is 0.527. The van der Waals surface area contributed by atoms with Gasteiger partial charge in [-0.15, -0.1) is 0 Å². The molecule has 2 bridgehead atoms. The van der Waals surface area contributed by atoms with Gasteiger partial charge in [0, 0.05) is 6.54 Å². The Morgan fingerprint density at radius 3 is 2.38 bits per heavy atom. The van der Waals surface area contributed by atoms with E-state index in [1.54, 1.807) is 4.90 Å². The van der Waals surface area contributed by atoms with Gasteiger partial charge in [-0.1, -0.05) is 0 Å². The van der Waals surface area contributed by atoms with Crippen molar-refractivity contribution in [3.8, 4) is 0 Å². The average Bonchev–Trinajstić information content (AvgIpc) is 3.18. The molecule has 1 aliphatic heterocycles. The van der Waals surface area contributed by atoms with Gasteiger partial charge in [0.1, 0.15) is 6.04 Å². The van der Waals surface area contributed by atoms with Gasteiger partial charge in [-0.3, -0.25) is 9.59 Å². The Kier molecular flexibility index (Phi) is 3.63. The van der Waals surface area contributed by atoms with Crippen molar-refractivity contribution in [1.29, 1.82) is 0 Å². The molecule has 3 rings (SSSR count). The summed E-state index contributed by atoms with van der Waals surface area (Å²) in [6.07, 6.45) is 4.05. The fraction of sp³-hybridized carbons (Fsp3) is 0.800. The minimum absolute atomic E-state index is 0.126. The number of fused-ring (bicyclic) bond motifs is 2.